The van der Waals surface area contributed by atoms with Crippen LogP contribution in [0, 0.1) is 0 Å². The van der Waals surface area contributed by atoms with Crippen molar-refractivity contribution in [1.82, 2.24) is 15.0 Å². The number of fused-ring (bicyclic) bond motifs is 2. The summed E-state index contributed by atoms with van der Waals surface area (Å²) < 4.78 is 0. The van der Waals surface area contributed by atoms with Crippen LogP contribution >= 0.6 is 0 Å². The molecule has 0 atom stereocenters. The van der Waals surface area contributed by atoms with Crippen molar-refractivity contribution in [2.75, 3.05) is 0 Å². The third-order valence-electron chi connectivity index (χ3n) is 10.6. The first kappa shape index (κ1) is 33.1. The number of aromatic nitrogens is 3. The Balaban J connectivity index is 1.15. The van der Waals surface area contributed by atoms with Gasteiger partial charge in [0.05, 0.1) is 0 Å². The summed E-state index contributed by atoms with van der Waals surface area (Å²) in [6.07, 6.45) is 0. The molecule has 0 bridgehead atoms. The molecule has 0 radical (unpaired) electrons. The van der Waals surface area contributed by atoms with E-state index in [-0.39, 0.29) is 0 Å². The van der Waals surface area contributed by atoms with Crippen molar-refractivity contribution in [3.05, 3.63) is 212 Å². The third-order valence-corrected chi connectivity index (χ3v) is 10.6. The van der Waals surface area contributed by atoms with Gasteiger partial charge < -0.3 is 0 Å². The quantitative estimate of drug-likeness (QED) is 0.165. The molecule has 56 heavy (non-hydrogen) atoms. The standard InChI is InChI=1S/C53H35N3/c1-4-18-37(19-5-1)50-43(40-25-14-26-41(35-40)53-55-51(38-20-6-2-7-21-38)54-52(56-53)39-22-8-3-9-23-39)30-16-32-49(50)48-34-33-47(45-28-12-13-29-46(45)48)44-31-15-24-36-17-10-11-27-42(36)44/h1-35H. The van der Waals surface area contributed by atoms with E-state index < -0.39 is 0 Å². The lowest BCUT2D eigenvalue weighted by atomic mass is 9.84. The van der Waals surface area contributed by atoms with E-state index in [9.17, 15) is 0 Å². The van der Waals surface area contributed by atoms with Crippen LogP contribution in [0.4, 0.5) is 0 Å². The molecule has 0 aliphatic rings. The van der Waals surface area contributed by atoms with Gasteiger partial charge >= 0.3 is 0 Å². The van der Waals surface area contributed by atoms with Crippen molar-refractivity contribution in [2.24, 2.45) is 0 Å². The molecule has 10 aromatic rings. The molecule has 3 heteroatoms. The molecule has 1 heterocycles. The molecule has 9 aromatic carbocycles. The second kappa shape index (κ2) is 14.4. The lowest BCUT2D eigenvalue weighted by Crippen LogP contribution is -2.00. The molecule has 10 rings (SSSR count). The van der Waals surface area contributed by atoms with Gasteiger partial charge in [-0.3, -0.25) is 0 Å². The predicted molar refractivity (Wildman–Crippen MR) is 233 cm³/mol. The summed E-state index contributed by atoms with van der Waals surface area (Å²) in [5.41, 5.74) is 12.2. The first-order chi connectivity index (χ1) is 27.8. The maximum atomic E-state index is 5.04. The first-order valence-electron chi connectivity index (χ1n) is 18.9. The molecule has 0 aliphatic heterocycles. The van der Waals surface area contributed by atoms with Gasteiger partial charge in [0.2, 0.25) is 0 Å². The third kappa shape index (κ3) is 6.12. The average molecular weight is 714 g/mol. The Bertz CT molecular complexity index is 2950. The smallest absolute Gasteiger partial charge is 0.164 e. The predicted octanol–water partition coefficient (Wildman–Crippen LogP) is 13.8. The van der Waals surface area contributed by atoms with Crippen LogP contribution in [-0.4, -0.2) is 15.0 Å². The molecule has 0 amide bonds. The zero-order valence-corrected chi connectivity index (χ0v) is 30.5. The Morgan fingerprint density at radius 2 is 0.625 bits per heavy atom. The van der Waals surface area contributed by atoms with E-state index in [4.69, 9.17) is 15.0 Å². The average Bonchev–Trinajstić information content (AvgIpc) is 3.29. The fraction of sp³-hybridized carbons (Fsp3) is 0. The molecule has 0 N–H and O–H groups in total. The van der Waals surface area contributed by atoms with Crippen LogP contribution in [0.15, 0.2) is 212 Å². The number of hydrogen-bond acceptors (Lipinski definition) is 3. The normalized spacial score (nSPS) is 11.2. The highest BCUT2D eigenvalue weighted by Gasteiger charge is 2.19. The zero-order valence-electron chi connectivity index (χ0n) is 30.5. The van der Waals surface area contributed by atoms with Crippen molar-refractivity contribution < 1.29 is 0 Å². The zero-order chi connectivity index (χ0) is 37.3. The van der Waals surface area contributed by atoms with Crippen molar-refractivity contribution in [2.45, 2.75) is 0 Å². The maximum absolute atomic E-state index is 5.04. The lowest BCUT2D eigenvalue weighted by molar-refractivity contribution is 1.07. The summed E-state index contributed by atoms with van der Waals surface area (Å²) >= 11 is 0. The van der Waals surface area contributed by atoms with Gasteiger partial charge in [0.1, 0.15) is 0 Å². The molecule has 0 aliphatic carbocycles. The molecule has 0 unspecified atom stereocenters. The van der Waals surface area contributed by atoms with Crippen LogP contribution in [0.2, 0.25) is 0 Å². The van der Waals surface area contributed by atoms with Crippen molar-refractivity contribution in [3.8, 4) is 78.7 Å². The van der Waals surface area contributed by atoms with Gasteiger partial charge in [-0.2, -0.15) is 0 Å². The minimum absolute atomic E-state index is 0.631. The van der Waals surface area contributed by atoms with Gasteiger partial charge in [0.25, 0.3) is 0 Å². The van der Waals surface area contributed by atoms with E-state index in [2.05, 4.69) is 152 Å². The Kier molecular flexibility index (Phi) is 8.51. The minimum atomic E-state index is 0.631. The second-order valence-corrected chi connectivity index (χ2v) is 13.9. The Hall–Kier alpha value is -7.49. The largest absolute Gasteiger partial charge is 0.208 e. The van der Waals surface area contributed by atoms with Gasteiger partial charge in [-0.15, -0.1) is 0 Å². The van der Waals surface area contributed by atoms with Gasteiger partial charge in [-0.25, -0.2) is 15.0 Å². The molecular formula is C53H35N3. The summed E-state index contributed by atoms with van der Waals surface area (Å²) in [6, 6.07) is 74.9. The summed E-state index contributed by atoms with van der Waals surface area (Å²) in [5, 5.41) is 4.94. The topological polar surface area (TPSA) is 38.7 Å². The summed E-state index contributed by atoms with van der Waals surface area (Å²) in [7, 11) is 0. The Morgan fingerprint density at radius 3 is 1.27 bits per heavy atom. The summed E-state index contributed by atoms with van der Waals surface area (Å²) in [4.78, 5) is 15.0. The van der Waals surface area contributed by atoms with Crippen LogP contribution in [0.3, 0.4) is 0 Å². The SMILES string of the molecule is c1ccc(-c2nc(-c3ccccc3)nc(-c3cccc(-c4cccc(-c5ccc(-c6cccc7ccccc67)c6ccccc56)c4-c4ccccc4)c3)n2)cc1. The number of rotatable bonds is 7. The highest BCUT2D eigenvalue weighted by molar-refractivity contribution is 6.11. The fourth-order valence-corrected chi connectivity index (χ4v) is 7.93. The van der Waals surface area contributed by atoms with Gasteiger partial charge in [0, 0.05) is 16.7 Å². The van der Waals surface area contributed by atoms with Crippen LogP contribution < -0.4 is 0 Å². The molecule has 3 nitrogen and oxygen atoms in total. The second-order valence-electron chi connectivity index (χ2n) is 13.9. The number of benzene rings is 9. The summed E-state index contributed by atoms with van der Waals surface area (Å²) in [6.45, 7) is 0. The fourth-order valence-electron chi connectivity index (χ4n) is 7.93. The molecule has 0 saturated heterocycles. The van der Waals surface area contributed by atoms with E-state index in [1.54, 1.807) is 0 Å². The molecular weight excluding hydrogens is 679 g/mol. The number of hydrogen-bond donors (Lipinski definition) is 0. The molecule has 1 aromatic heterocycles. The first-order valence-corrected chi connectivity index (χ1v) is 18.9. The maximum Gasteiger partial charge on any atom is 0.164 e. The molecule has 0 fully saturated rings. The van der Waals surface area contributed by atoms with Crippen LogP contribution in [0.1, 0.15) is 0 Å². The van der Waals surface area contributed by atoms with E-state index in [1.165, 1.54) is 49.4 Å². The van der Waals surface area contributed by atoms with Crippen molar-refractivity contribution in [1.29, 1.82) is 0 Å². The van der Waals surface area contributed by atoms with Crippen molar-refractivity contribution >= 4 is 21.5 Å². The van der Waals surface area contributed by atoms with Gasteiger partial charge in [-0.1, -0.05) is 206 Å². The highest BCUT2D eigenvalue weighted by atomic mass is 15.0. The van der Waals surface area contributed by atoms with Crippen molar-refractivity contribution in [3.63, 3.8) is 0 Å². The molecule has 262 valence electrons. The van der Waals surface area contributed by atoms with Crippen LogP contribution in [-0.2, 0) is 0 Å². The Morgan fingerprint density at radius 1 is 0.232 bits per heavy atom. The van der Waals surface area contributed by atoms with Crippen LogP contribution in [0.5, 0.6) is 0 Å². The van der Waals surface area contributed by atoms with E-state index in [0.717, 1.165) is 33.4 Å². The monoisotopic (exact) mass is 713 g/mol. The van der Waals surface area contributed by atoms with E-state index in [1.807, 2.05) is 60.7 Å². The Labute approximate surface area is 326 Å². The highest BCUT2D eigenvalue weighted by Crippen LogP contribution is 2.45. The van der Waals surface area contributed by atoms with Crippen LogP contribution in [0.25, 0.3) is 100 Å². The van der Waals surface area contributed by atoms with Gasteiger partial charge in [0.15, 0.2) is 17.5 Å². The number of nitrogens with zero attached hydrogens (tertiary/aromatic N) is 3. The summed E-state index contributed by atoms with van der Waals surface area (Å²) in [5.74, 6) is 1.92. The lowest BCUT2D eigenvalue weighted by Gasteiger charge is -2.19. The minimum Gasteiger partial charge on any atom is -0.208 e. The van der Waals surface area contributed by atoms with E-state index in [0.29, 0.717) is 17.5 Å². The molecule has 0 saturated carbocycles. The van der Waals surface area contributed by atoms with E-state index >= 15 is 0 Å². The molecule has 0 spiro atoms. The van der Waals surface area contributed by atoms with Gasteiger partial charge in [-0.05, 0) is 72.1 Å².